The first-order chi connectivity index (χ1) is 13.1. The molecule has 0 fully saturated rings. The molecule has 0 radical (unpaired) electrons. The summed E-state index contributed by atoms with van der Waals surface area (Å²) >= 11 is 12.0. The van der Waals surface area contributed by atoms with E-state index in [2.05, 4.69) is 21.8 Å². The van der Waals surface area contributed by atoms with Gasteiger partial charge in [-0.3, -0.25) is 9.79 Å². The zero-order chi connectivity index (χ0) is 18.8. The van der Waals surface area contributed by atoms with Gasteiger partial charge in [-0.05, 0) is 23.8 Å². The summed E-state index contributed by atoms with van der Waals surface area (Å²) in [6, 6.07) is 13.1. The van der Waals surface area contributed by atoms with Crippen LogP contribution < -0.4 is 10.2 Å². The van der Waals surface area contributed by atoms with E-state index < -0.39 is 0 Å². The number of anilines is 1. The molecule has 0 bridgehead atoms. The van der Waals surface area contributed by atoms with Crippen molar-refractivity contribution in [1.29, 1.82) is 0 Å². The summed E-state index contributed by atoms with van der Waals surface area (Å²) in [5.74, 6) is -0.111. The lowest BCUT2D eigenvalue weighted by Gasteiger charge is -2.18. The molecule has 27 heavy (non-hydrogen) atoms. The minimum Gasteiger partial charge on any atom is -0.380 e. The summed E-state index contributed by atoms with van der Waals surface area (Å²) in [6.45, 7) is 1.46. The highest BCUT2D eigenvalue weighted by atomic mass is 35.5. The van der Waals surface area contributed by atoms with Crippen molar-refractivity contribution >= 4 is 40.5 Å². The molecule has 2 aromatic carbocycles. The van der Waals surface area contributed by atoms with Crippen LogP contribution in [0, 0.1) is 0 Å². The van der Waals surface area contributed by atoms with Crippen LogP contribution in [-0.4, -0.2) is 24.7 Å². The molecule has 0 saturated carbocycles. The van der Waals surface area contributed by atoms with Crippen molar-refractivity contribution in [2.24, 2.45) is 4.99 Å². The Hall–Kier alpha value is -2.74. The Kier molecular flexibility index (Phi) is 4.89. The molecule has 0 atom stereocenters. The van der Waals surface area contributed by atoms with Crippen molar-refractivity contribution in [3.63, 3.8) is 0 Å². The van der Waals surface area contributed by atoms with E-state index in [1.54, 1.807) is 23.2 Å². The molecular formula is C21H15Cl2N3O. The fourth-order valence-corrected chi connectivity index (χ4v) is 3.39. The van der Waals surface area contributed by atoms with Gasteiger partial charge < -0.3 is 10.2 Å². The maximum atomic E-state index is 13.0. The largest absolute Gasteiger partial charge is 0.380 e. The number of carbonyl (C=O) groups excluding carboxylic acids is 1. The lowest BCUT2D eigenvalue weighted by molar-refractivity contribution is -0.112. The normalized spacial score (nSPS) is 16.5. The number of hydrogen-bond donors (Lipinski definition) is 1. The Morgan fingerprint density at radius 1 is 1.15 bits per heavy atom. The Labute approximate surface area is 167 Å². The van der Waals surface area contributed by atoms with Gasteiger partial charge in [0.15, 0.2) is 0 Å². The van der Waals surface area contributed by atoms with E-state index in [9.17, 15) is 4.79 Å². The maximum Gasteiger partial charge on any atom is 0.277 e. The molecule has 134 valence electrons. The van der Waals surface area contributed by atoms with Crippen LogP contribution in [-0.2, 0) is 11.3 Å². The number of aliphatic imine (C=N–C) groups is 1. The van der Waals surface area contributed by atoms with Crippen LogP contribution in [0.15, 0.2) is 70.7 Å². The fraction of sp³-hybridized carbons (Fsp3) is 0.143. The third kappa shape index (κ3) is 3.57. The number of benzene rings is 2. The number of amides is 1. The van der Waals surface area contributed by atoms with Crippen LogP contribution in [0.25, 0.3) is 0 Å². The quantitative estimate of drug-likeness (QED) is 0.791. The molecule has 0 saturated heterocycles. The van der Waals surface area contributed by atoms with Gasteiger partial charge in [0.2, 0.25) is 0 Å². The molecular weight excluding hydrogens is 381 g/mol. The number of halogens is 2. The highest BCUT2D eigenvalue weighted by Crippen LogP contribution is 2.30. The Bertz CT molecular complexity index is 1060. The molecule has 0 spiro atoms. The fourth-order valence-electron chi connectivity index (χ4n) is 3.07. The summed E-state index contributed by atoms with van der Waals surface area (Å²) in [5.41, 5.74) is 9.99. The maximum absolute atomic E-state index is 13.0. The zero-order valence-corrected chi connectivity index (χ0v) is 15.8. The smallest absolute Gasteiger partial charge is 0.277 e. The van der Waals surface area contributed by atoms with E-state index in [1.165, 1.54) is 0 Å². The average Bonchev–Trinajstić information content (AvgIpc) is 2.95. The van der Waals surface area contributed by atoms with Crippen molar-refractivity contribution in [2.45, 2.75) is 6.54 Å². The van der Waals surface area contributed by atoms with E-state index in [0.29, 0.717) is 35.4 Å². The molecule has 0 aromatic heterocycles. The minimum absolute atomic E-state index is 0.111. The number of carbonyl (C=O) groups is 1. The van der Waals surface area contributed by atoms with Gasteiger partial charge in [0.25, 0.3) is 5.91 Å². The summed E-state index contributed by atoms with van der Waals surface area (Å²) < 4.78 is 0. The molecule has 4 rings (SSSR count). The zero-order valence-electron chi connectivity index (χ0n) is 14.3. The first-order valence-electron chi connectivity index (χ1n) is 8.44. The second-order valence-electron chi connectivity index (χ2n) is 6.22. The standard InChI is InChI=1S/C21H15Cl2N3O/c22-17-8-7-14(10-18(17)23)12-25-20-16-5-1-2-6-19(16)26(21(20)27)13-15-4-3-9-24-11-15/h1-2,5-10,24H,11-13H2. The second-order valence-corrected chi connectivity index (χ2v) is 7.03. The predicted molar refractivity (Wildman–Crippen MR) is 109 cm³/mol. The van der Waals surface area contributed by atoms with Gasteiger partial charge >= 0.3 is 0 Å². The molecule has 6 heteroatoms. The molecule has 2 aliphatic rings. The molecule has 4 nitrogen and oxygen atoms in total. The Morgan fingerprint density at radius 2 is 2.00 bits per heavy atom. The SMILES string of the molecule is O=C1C(=NCc2ccc(Cl)c(Cl)c2)c2ccccc2N1CC1=C=C=CNC1. The van der Waals surface area contributed by atoms with E-state index in [4.69, 9.17) is 23.2 Å². The van der Waals surface area contributed by atoms with Gasteiger partial charge in [0.1, 0.15) is 5.71 Å². The van der Waals surface area contributed by atoms with Crippen LogP contribution >= 0.6 is 23.2 Å². The van der Waals surface area contributed by atoms with Crippen LogP contribution in [0.4, 0.5) is 5.69 Å². The third-order valence-electron chi connectivity index (χ3n) is 4.39. The molecule has 0 unspecified atom stereocenters. The van der Waals surface area contributed by atoms with Crippen molar-refractivity contribution in [3.05, 3.63) is 86.9 Å². The number of nitrogens with one attached hydrogen (secondary N) is 1. The summed E-state index contributed by atoms with van der Waals surface area (Å²) in [7, 11) is 0. The highest BCUT2D eigenvalue weighted by Gasteiger charge is 2.33. The molecule has 0 aliphatic carbocycles. The number of hydrogen-bond acceptors (Lipinski definition) is 3. The van der Waals surface area contributed by atoms with Gasteiger partial charge in [-0.2, -0.15) is 0 Å². The first kappa shape index (κ1) is 17.7. The molecule has 2 aromatic rings. The summed E-state index contributed by atoms with van der Waals surface area (Å²) in [4.78, 5) is 19.4. The Balaban J connectivity index is 1.65. The third-order valence-corrected chi connectivity index (χ3v) is 5.13. The average molecular weight is 396 g/mol. The molecule has 1 N–H and O–H groups in total. The lowest BCUT2D eigenvalue weighted by atomic mass is 10.1. The molecule has 2 aliphatic heterocycles. The van der Waals surface area contributed by atoms with Crippen LogP contribution in [0.1, 0.15) is 11.1 Å². The first-order valence-corrected chi connectivity index (χ1v) is 9.20. The van der Waals surface area contributed by atoms with Crippen molar-refractivity contribution in [1.82, 2.24) is 5.32 Å². The van der Waals surface area contributed by atoms with Gasteiger partial charge in [-0.15, -0.1) is 0 Å². The van der Waals surface area contributed by atoms with Gasteiger partial charge in [0.05, 0.1) is 28.8 Å². The topological polar surface area (TPSA) is 44.7 Å². The predicted octanol–water partition coefficient (Wildman–Crippen LogP) is 4.13. The number of nitrogens with zero attached hydrogens (tertiary/aromatic N) is 2. The second kappa shape index (κ2) is 7.48. The van der Waals surface area contributed by atoms with Gasteiger partial charge in [-0.25, -0.2) is 0 Å². The number of rotatable bonds is 4. The van der Waals surface area contributed by atoms with Gasteiger partial charge in [0, 0.05) is 23.9 Å². The Morgan fingerprint density at radius 3 is 2.78 bits per heavy atom. The minimum atomic E-state index is -0.111. The van der Waals surface area contributed by atoms with E-state index in [-0.39, 0.29) is 5.91 Å². The van der Waals surface area contributed by atoms with Crippen LogP contribution in [0.3, 0.4) is 0 Å². The molecule has 2 heterocycles. The van der Waals surface area contributed by atoms with Crippen molar-refractivity contribution in [2.75, 3.05) is 18.0 Å². The number of fused-ring (bicyclic) bond motifs is 1. The molecule has 1 amide bonds. The van der Waals surface area contributed by atoms with E-state index in [1.807, 2.05) is 30.3 Å². The summed E-state index contributed by atoms with van der Waals surface area (Å²) in [6.07, 6.45) is 1.72. The van der Waals surface area contributed by atoms with Crippen LogP contribution in [0.5, 0.6) is 0 Å². The highest BCUT2D eigenvalue weighted by molar-refractivity contribution is 6.54. The lowest BCUT2D eigenvalue weighted by Crippen LogP contribution is -2.33. The van der Waals surface area contributed by atoms with Gasteiger partial charge in [-0.1, -0.05) is 58.9 Å². The van der Waals surface area contributed by atoms with Crippen molar-refractivity contribution < 1.29 is 4.79 Å². The van der Waals surface area contributed by atoms with Crippen molar-refractivity contribution in [3.8, 4) is 0 Å². The number of para-hydroxylation sites is 1. The monoisotopic (exact) mass is 395 g/mol. The van der Waals surface area contributed by atoms with E-state index in [0.717, 1.165) is 22.4 Å². The van der Waals surface area contributed by atoms with E-state index >= 15 is 0 Å². The van der Waals surface area contributed by atoms with Crippen LogP contribution in [0.2, 0.25) is 10.0 Å². The summed E-state index contributed by atoms with van der Waals surface area (Å²) in [5, 5.41) is 4.06.